The third-order valence-electron chi connectivity index (χ3n) is 2.91. The van der Waals surface area contributed by atoms with Gasteiger partial charge in [0.2, 0.25) is 0 Å². The van der Waals surface area contributed by atoms with Gasteiger partial charge in [0.25, 0.3) is 0 Å². The molecular weight excluding hydrogens is 391 g/mol. The van der Waals surface area contributed by atoms with Gasteiger partial charge >= 0.3 is 0 Å². The molecule has 2 aromatic carbocycles. The van der Waals surface area contributed by atoms with Crippen molar-refractivity contribution in [1.82, 2.24) is 0 Å². The van der Waals surface area contributed by atoms with Crippen molar-refractivity contribution in [3.8, 4) is 5.75 Å². The lowest BCUT2D eigenvalue weighted by Crippen LogP contribution is -1.99. The maximum absolute atomic E-state index is 6.32. The first kappa shape index (κ1) is 14.9. The Morgan fingerprint density at radius 1 is 1.16 bits per heavy atom. The Hall–Kier alpha value is -0.510. The summed E-state index contributed by atoms with van der Waals surface area (Å²) in [7, 11) is 1.69. The molecule has 0 aliphatic rings. The van der Waals surface area contributed by atoms with Crippen molar-refractivity contribution in [2.45, 2.75) is 11.2 Å². The zero-order valence-corrected chi connectivity index (χ0v) is 14.3. The van der Waals surface area contributed by atoms with Gasteiger partial charge in [0.15, 0.2) is 0 Å². The van der Waals surface area contributed by atoms with Crippen LogP contribution in [-0.4, -0.2) is 7.11 Å². The van der Waals surface area contributed by atoms with E-state index in [4.69, 9.17) is 16.3 Å². The van der Waals surface area contributed by atoms with Crippen LogP contribution in [-0.2, 0) is 6.42 Å². The van der Waals surface area contributed by atoms with Crippen LogP contribution in [0.3, 0.4) is 0 Å². The molecule has 1 nitrogen and oxygen atoms in total. The Morgan fingerprint density at radius 2 is 1.89 bits per heavy atom. The van der Waals surface area contributed by atoms with Crippen molar-refractivity contribution in [1.29, 1.82) is 0 Å². The molecule has 0 radical (unpaired) electrons. The number of rotatable bonds is 4. The minimum absolute atomic E-state index is 0.147. The zero-order valence-electron chi connectivity index (χ0n) is 10.4. The molecule has 0 saturated carbocycles. The Kier molecular flexibility index (Phi) is 5.31. The summed E-state index contributed by atoms with van der Waals surface area (Å²) >= 11 is 13.5. The van der Waals surface area contributed by atoms with Crippen molar-refractivity contribution in [3.63, 3.8) is 0 Å². The van der Waals surface area contributed by atoms with Crippen molar-refractivity contribution in [2.24, 2.45) is 0 Å². The number of hydrogen-bond acceptors (Lipinski definition) is 1. The highest BCUT2D eigenvalue weighted by Gasteiger charge is 2.15. The van der Waals surface area contributed by atoms with Gasteiger partial charge in [-0.1, -0.05) is 57.9 Å². The van der Waals surface area contributed by atoms with E-state index >= 15 is 0 Å². The van der Waals surface area contributed by atoms with Crippen molar-refractivity contribution in [3.05, 3.63) is 63.1 Å². The fourth-order valence-electron chi connectivity index (χ4n) is 1.94. The highest BCUT2D eigenvalue weighted by molar-refractivity contribution is 9.10. The van der Waals surface area contributed by atoms with E-state index in [1.165, 1.54) is 0 Å². The van der Waals surface area contributed by atoms with Crippen molar-refractivity contribution < 1.29 is 4.74 Å². The molecule has 0 bridgehead atoms. The van der Waals surface area contributed by atoms with E-state index in [9.17, 15) is 0 Å². The first-order valence-corrected chi connectivity index (χ1v) is 7.92. The molecule has 4 heteroatoms. The van der Waals surface area contributed by atoms with E-state index in [0.717, 1.165) is 32.8 Å². The molecule has 0 fully saturated rings. The SMILES string of the molecule is COc1ccccc1CC(Br)c1cccc(Br)c1Cl. The van der Waals surface area contributed by atoms with Gasteiger partial charge in [-0.05, 0) is 45.6 Å². The van der Waals surface area contributed by atoms with Crippen LogP contribution >= 0.6 is 43.5 Å². The van der Waals surface area contributed by atoms with Gasteiger partial charge in [0, 0.05) is 9.30 Å². The second-order valence-electron chi connectivity index (χ2n) is 4.13. The quantitative estimate of drug-likeness (QED) is 0.586. The summed E-state index contributed by atoms with van der Waals surface area (Å²) in [5.74, 6) is 0.901. The van der Waals surface area contributed by atoms with Crippen LogP contribution in [0.4, 0.5) is 0 Å². The number of para-hydroxylation sites is 1. The van der Waals surface area contributed by atoms with Gasteiger partial charge in [-0.25, -0.2) is 0 Å². The molecule has 2 aromatic rings. The van der Waals surface area contributed by atoms with Crippen molar-refractivity contribution >= 4 is 43.5 Å². The fraction of sp³-hybridized carbons (Fsp3) is 0.200. The van der Waals surface area contributed by atoms with Gasteiger partial charge in [-0.2, -0.15) is 0 Å². The van der Waals surface area contributed by atoms with E-state index < -0.39 is 0 Å². The topological polar surface area (TPSA) is 9.23 Å². The number of methoxy groups -OCH3 is 1. The summed E-state index contributed by atoms with van der Waals surface area (Å²) in [6.07, 6.45) is 0.820. The average molecular weight is 405 g/mol. The summed E-state index contributed by atoms with van der Waals surface area (Å²) in [6, 6.07) is 14.0. The van der Waals surface area contributed by atoms with E-state index in [0.29, 0.717) is 0 Å². The lowest BCUT2D eigenvalue weighted by molar-refractivity contribution is 0.409. The van der Waals surface area contributed by atoms with Gasteiger partial charge < -0.3 is 4.74 Å². The number of halogens is 3. The third-order valence-corrected chi connectivity index (χ3v) is 5.04. The molecule has 19 heavy (non-hydrogen) atoms. The van der Waals surface area contributed by atoms with Gasteiger partial charge in [-0.3, -0.25) is 0 Å². The largest absolute Gasteiger partial charge is 0.496 e. The first-order chi connectivity index (χ1) is 9.13. The Labute approximate surface area is 135 Å². The molecule has 0 heterocycles. The third kappa shape index (κ3) is 3.53. The van der Waals surface area contributed by atoms with Crippen LogP contribution in [0, 0.1) is 0 Å². The lowest BCUT2D eigenvalue weighted by Gasteiger charge is -2.15. The molecule has 100 valence electrons. The predicted molar refractivity (Wildman–Crippen MR) is 87.5 cm³/mol. The van der Waals surface area contributed by atoms with E-state index in [1.807, 2.05) is 36.4 Å². The highest BCUT2D eigenvalue weighted by atomic mass is 79.9. The number of ether oxygens (including phenoxy) is 1. The number of alkyl halides is 1. The Bertz CT molecular complexity index is 572. The van der Waals surface area contributed by atoms with E-state index in [2.05, 4.69) is 37.9 Å². The first-order valence-electron chi connectivity index (χ1n) is 5.83. The molecular formula is C15H13Br2ClO. The normalized spacial score (nSPS) is 12.2. The summed E-state index contributed by atoms with van der Waals surface area (Å²) in [5, 5.41) is 0.749. The summed E-state index contributed by atoms with van der Waals surface area (Å²) in [5.41, 5.74) is 2.23. The van der Waals surface area contributed by atoms with Gasteiger partial charge in [0.05, 0.1) is 12.1 Å². The van der Waals surface area contributed by atoms with Gasteiger partial charge in [-0.15, -0.1) is 0 Å². The van der Waals surface area contributed by atoms with Crippen LogP contribution in [0.15, 0.2) is 46.9 Å². The van der Waals surface area contributed by atoms with Crippen LogP contribution in [0.25, 0.3) is 0 Å². The van der Waals surface area contributed by atoms with E-state index in [1.54, 1.807) is 7.11 Å². The van der Waals surface area contributed by atoms with Crippen LogP contribution in [0.1, 0.15) is 16.0 Å². The van der Waals surface area contributed by atoms with Crippen LogP contribution in [0.2, 0.25) is 5.02 Å². The Balaban J connectivity index is 2.26. The highest BCUT2D eigenvalue weighted by Crippen LogP contribution is 2.37. The molecule has 0 amide bonds. The molecule has 0 saturated heterocycles. The molecule has 2 rings (SSSR count). The maximum atomic E-state index is 6.32. The molecule has 0 N–H and O–H groups in total. The molecule has 0 aliphatic heterocycles. The standard InChI is InChI=1S/C15H13Br2ClO/c1-19-14-8-3-2-5-10(14)9-13(17)11-6-4-7-12(16)15(11)18/h2-8,13H,9H2,1H3. The predicted octanol–water partition coefficient (Wildman–Crippen LogP) is 5.79. The second-order valence-corrected chi connectivity index (χ2v) is 6.46. The van der Waals surface area contributed by atoms with Gasteiger partial charge in [0.1, 0.15) is 5.75 Å². The maximum Gasteiger partial charge on any atom is 0.122 e. The smallest absolute Gasteiger partial charge is 0.122 e. The van der Waals surface area contributed by atoms with Crippen molar-refractivity contribution in [2.75, 3.05) is 7.11 Å². The summed E-state index contributed by atoms with van der Waals surface area (Å²) in [4.78, 5) is 0.147. The molecule has 0 aliphatic carbocycles. The van der Waals surface area contributed by atoms with Crippen LogP contribution in [0.5, 0.6) is 5.75 Å². The molecule has 1 unspecified atom stereocenters. The number of benzene rings is 2. The number of hydrogen-bond donors (Lipinski definition) is 0. The second kappa shape index (κ2) is 6.78. The Morgan fingerprint density at radius 3 is 2.63 bits per heavy atom. The zero-order chi connectivity index (χ0) is 13.8. The van der Waals surface area contributed by atoms with Crippen LogP contribution < -0.4 is 4.74 Å². The molecule has 0 spiro atoms. The lowest BCUT2D eigenvalue weighted by atomic mass is 10.0. The average Bonchev–Trinajstić information content (AvgIpc) is 2.42. The molecule has 1 atom stereocenters. The minimum Gasteiger partial charge on any atom is -0.496 e. The van der Waals surface area contributed by atoms with E-state index in [-0.39, 0.29) is 4.83 Å². The fourth-order valence-corrected chi connectivity index (χ4v) is 3.44. The summed E-state index contributed by atoms with van der Waals surface area (Å²) < 4.78 is 6.29. The molecule has 0 aromatic heterocycles. The monoisotopic (exact) mass is 402 g/mol. The minimum atomic E-state index is 0.147. The summed E-state index contributed by atoms with van der Waals surface area (Å²) in [6.45, 7) is 0.